The standard InChI is InChI=1S/C19H19FN2O4/c1-25-15-8-6-14(7-9-15)22-11-13(10-19(22)24)21-18(23)12-26-17-5-3-2-4-16(17)20/h2-9,13H,10-12H2,1H3,(H,21,23)/t13-/m0/s1. The van der Waals surface area contributed by atoms with Crippen LogP contribution < -0.4 is 19.7 Å². The van der Waals surface area contributed by atoms with Crippen molar-refractivity contribution < 1.29 is 23.5 Å². The number of carbonyl (C=O) groups is 2. The number of nitrogens with zero attached hydrogens (tertiary/aromatic N) is 1. The molecule has 0 bridgehead atoms. The fourth-order valence-corrected chi connectivity index (χ4v) is 2.79. The molecule has 0 aromatic heterocycles. The summed E-state index contributed by atoms with van der Waals surface area (Å²) >= 11 is 0. The maximum atomic E-state index is 13.5. The van der Waals surface area contributed by atoms with Gasteiger partial charge in [0, 0.05) is 18.7 Å². The number of amides is 2. The molecule has 1 saturated heterocycles. The lowest BCUT2D eigenvalue weighted by molar-refractivity contribution is -0.123. The minimum atomic E-state index is -0.526. The van der Waals surface area contributed by atoms with Crippen molar-refractivity contribution in [2.24, 2.45) is 0 Å². The van der Waals surface area contributed by atoms with Crippen molar-refractivity contribution in [1.82, 2.24) is 5.32 Å². The molecule has 7 heteroatoms. The van der Waals surface area contributed by atoms with Gasteiger partial charge >= 0.3 is 0 Å². The Kier molecular flexibility index (Phi) is 5.36. The molecule has 0 unspecified atom stereocenters. The average Bonchev–Trinajstić information content (AvgIpc) is 3.01. The number of methoxy groups -OCH3 is 1. The molecule has 3 rings (SSSR count). The summed E-state index contributed by atoms with van der Waals surface area (Å²) in [6, 6.07) is 12.7. The highest BCUT2D eigenvalue weighted by atomic mass is 19.1. The van der Waals surface area contributed by atoms with Crippen LogP contribution >= 0.6 is 0 Å². The monoisotopic (exact) mass is 358 g/mol. The van der Waals surface area contributed by atoms with Crippen LogP contribution in [0.3, 0.4) is 0 Å². The van der Waals surface area contributed by atoms with Crippen molar-refractivity contribution >= 4 is 17.5 Å². The molecule has 6 nitrogen and oxygen atoms in total. The van der Waals surface area contributed by atoms with E-state index in [9.17, 15) is 14.0 Å². The van der Waals surface area contributed by atoms with E-state index in [0.29, 0.717) is 12.3 Å². The first-order chi connectivity index (χ1) is 12.6. The Morgan fingerprint density at radius 3 is 2.65 bits per heavy atom. The number of rotatable bonds is 6. The minimum Gasteiger partial charge on any atom is -0.497 e. The van der Waals surface area contributed by atoms with Gasteiger partial charge in [-0.05, 0) is 36.4 Å². The van der Waals surface area contributed by atoms with Crippen molar-refractivity contribution in [2.45, 2.75) is 12.5 Å². The van der Waals surface area contributed by atoms with Gasteiger partial charge in [0.2, 0.25) is 5.91 Å². The van der Waals surface area contributed by atoms with Gasteiger partial charge in [0.15, 0.2) is 18.2 Å². The van der Waals surface area contributed by atoms with Crippen LogP contribution in [0.4, 0.5) is 10.1 Å². The first kappa shape index (κ1) is 17.7. The largest absolute Gasteiger partial charge is 0.497 e. The number of halogens is 1. The summed E-state index contributed by atoms with van der Waals surface area (Å²) in [6.07, 6.45) is 0.206. The minimum absolute atomic E-state index is 0.0185. The van der Waals surface area contributed by atoms with Crippen molar-refractivity contribution in [3.8, 4) is 11.5 Å². The molecule has 2 aromatic rings. The Labute approximate surface area is 150 Å². The van der Waals surface area contributed by atoms with Crippen LogP contribution in [0.15, 0.2) is 48.5 Å². The predicted octanol–water partition coefficient (Wildman–Crippen LogP) is 2.13. The molecule has 136 valence electrons. The second-order valence-electron chi connectivity index (χ2n) is 5.89. The quantitative estimate of drug-likeness (QED) is 0.859. The molecule has 0 aliphatic carbocycles. The van der Waals surface area contributed by atoms with Crippen LogP contribution in [-0.2, 0) is 9.59 Å². The lowest BCUT2D eigenvalue weighted by Crippen LogP contribution is -2.39. The molecular formula is C19H19FN2O4. The second kappa shape index (κ2) is 7.86. The number of benzene rings is 2. The van der Waals surface area contributed by atoms with Crippen LogP contribution in [-0.4, -0.2) is 38.1 Å². The molecule has 26 heavy (non-hydrogen) atoms. The van der Waals surface area contributed by atoms with Gasteiger partial charge in [-0.2, -0.15) is 0 Å². The molecule has 0 saturated carbocycles. The number of anilines is 1. The highest BCUT2D eigenvalue weighted by molar-refractivity contribution is 5.97. The number of para-hydroxylation sites is 1. The van der Waals surface area contributed by atoms with Crippen LogP contribution in [0.5, 0.6) is 11.5 Å². The highest BCUT2D eigenvalue weighted by Crippen LogP contribution is 2.24. The van der Waals surface area contributed by atoms with Crippen molar-refractivity contribution in [2.75, 3.05) is 25.2 Å². The van der Waals surface area contributed by atoms with E-state index >= 15 is 0 Å². The van der Waals surface area contributed by atoms with Gasteiger partial charge in [-0.1, -0.05) is 12.1 Å². The molecule has 1 aliphatic rings. The lowest BCUT2D eigenvalue weighted by Gasteiger charge is -2.17. The van der Waals surface area contributed by atoms with Crippen molar-refractivity contribution in [3.63, 3.8) is 0 Å². The lowest BCUT2D eigenvalue weighted by atomic mass is 10.2. The van der Waals surface area contributed by atoms with Crippen molar-refractivity contribution in [3.05, 3.63) is 54.3 Å². The smallest absolute Gasteiger partial charge is 0.258 e. The van der Waals surface area contributed by atoms with Crippen LogP contribution in [0.1, 0.15) is 6.42 Å². The van der Waals surface area contributed by atoms with E-state index in [0.717, 1.165) is 5.69 Å². The van der Waals surface area contributed by atoms with Gasteiger partial charge in [0.05, 0.1) is 13.2 Å². The fraction of sp³-hybridized carbons (Fsp3) is 0.263. The molecule has 1 N–H and O–H groups in total. The third kappa shape index (κ3) is 4.11. The van der Waals surface area contributed by atoms with Gasteiger partial charge in [-0.25, -0.2) is 4.39 Å². The van der Waals surface area contributed by atoms with E-state index in [1.165, 1.54) is 12.1 Å². The summed E-state index contributed by atoms with van der Waals surface area (Å²) in [4.78, 5) is 25.8. The Morgan fingerprint density at radius 1 is 1.23 bits per heavy atom. The zero-order valence-corrected chi connectivity index (χ0v) is 14.3. The molecule has 1 aliphatic heterocycles. The number of ether oxygens (including phenoxy) is 2. The van der Waals surface area contributed by atoms with Crippen LogP contribution in [0.25, 0.3) is 0 Å². The molecular weight excluding hydrogens is 339 g/mol. The predicted molar refractivity (Wildman–Crippen MR) is 93.8 cm³/mol. The average molecular weight is 358 g/mol. The van der Waals surface area contributed by atoms with Gasteiger partial charge in [0.1, 0.15) is 5.75 Å². The summed E-state index contributed by atoms with van der Waals surface area (Å²) in [7, 11) is 1.57. The number of carbonyl (C=O) groups excluding carboxylic acids is 2. The Morgan fingerprint density at radius 2 is 1.96 bits per heavy atom. The normalized spacial score (nSPS) is 16.5. The number of nitrogens with one attached hydrogen (secondary N) is 1. The Bertz CT molecular complexity index is 794. The van der Waals surface area contributed by atoms with Gasteiger partial charge in [-0.3, -0.25) is 9.59 Å². The molecule has 0 radical (unpaired) electrons. The maximum Gasteiger partial charge on any atom is 0.258 e. The molecule has 0 spiro atoms. The summed E-state index contributed by atoms with van der Waals surface area (Å²) in [5, 5.41) is 2.75. The van der Waals surface area contributed by atoms with Gasteiger partial charge in [0.25, 0.3) is 5.91 Å². The Balaban J connectivity index is 1.53. The van der Waals surface area contributed by atoms with Crippen LogP contribution in [0, 0.1) is 5.82 Å². The fourth-order valence-electron chi connectivity index (χ4n) is 2.79. The van der Waals surface area contributed by atoms with E-state index < -0.39 is 11.7 Å². The second-order valence-corrected chi connectivity index (χ2v) is 5.89. The van der Waals surface area contributed by atoms with E-state index in [4.69, 9.17) is 9.47 Å². The molecule has 1 heterocycles. The maximum absolute atomic E-state index is 13.5. The third-order valence-corrected chi connectivity index (χ3v) is 4.07. The zero-order valence-electron chi connectivity index (χ0n) is 14.3. The zero-order chi connectivity index (χ0) is 18.5. The van der Waals surface area contributed by atoms with E-state index in [2.05, 4.69) is 5.32 Å². The summed E-state index contributed by atoms with van der Waals surface area (Å²) < 4.78 is 23.7. The summed E-state index contributed by atoms with van der Waals surface area (Å²) in [6.45, 7) is 0.0603. The SMILES string of the molecule is COc1ccc(N2C[C@@H](NC(=O)COc3ccccc3F)CC2=O)cc1. The number of hydrogen-bond acceptors (Lipinski definition) is 4. The highest BCUT2D eigenvalue weighted by Gasteiger charge is 2.31. The topological polar surface area (TPSA) is 67.9 Å². The molecule has 2 amide bonds. The Hall–Kier alpha value is -3.09. The van der Waals surface area contributed by atoms with E-state index in [-0.39, 0.29) is 30.7 Å². The van der Waals surface area contributed by atoms with E-state index in [1.807, 2.05) is 0 Å². The molecule has 1 fully saturated rings. The third-order valence-electron chi connectivity index (χ3n) is 4.07. The molecule has 1 atom stereocenters. The first-order valence-electron chi connectivity index (χ1n) is 8.18. The summed E-state index contributed by atoms with van der Waals surface area (Å²) in [5.41, 5.74) is 0.746. The molecule has 2 aromatic carbocycles. The number of hydrogen-bond donors (Lipinski definition) is 1. The van der Waals surface area contributed by atoms with Gasteiger partial charge in [-0.15, -0.1) is 0 Å². The van der Waals surface area contributed by atoms with Gasteiger partial charge < -0.3 is 19.7 Å². The van der Waals surface area contributed by atoms with E-state index in [1.54, 1.807) is 48.4 Å². The summed E-state index contributed by atoms with van der Waals surface area (Å²) in [5.74, 6) is -0.277. The first-order valence-corrected chi connectivity index (χ1v) is 8.18. The van der Waals surface area contributed by atoms with Crippen LogP contribution in [0.2, 0.25) is 0 Å². The van der Waals surface area contributed by atoms with Crippen molar-refractivity contribution in [1.29, 1.82) is 0 Å².